The number of nitrogens with zero attached hydrogens (tertiary/aromatic N) is 1. The largest absolute Gasteiger partial charge is 0.199 e. The average molecular weight is 492 g/mol. The van der Waals surface area contributed by atoms with Crippen LogP contribution < -0.4 is 0 Å². The first kappa shape index (κ1) is 28.7. The third-order valence-corrected chi connectivity index (χ3v) is 9.03. The van der Waals surface area contributed by atoms with Gasteiger partial charge in [-0.25, -0.2) is 0 Å². The van der Waals surface area contributed by atoms with Gasteiger partial charge in [-0.15, -0.1) is 0 Å². The summed E-state index contributed by atoms with van der Waals surface area (Å²) >= 11 is 0. The zero-order valence-corrected chi connectivity index (χ0v) is 22.9. The maximum absolute atomic E-state index is 12.8. The molecule has 2 saturated carbocycles. The fourth-order valence-corrected chi connectivity index (χ4v) is 6.61. The second-order valence-corrected chi connectivity index (χ2v) is 11.7. The molecular formula is C34H50FN. The maximum Gasteiger partial charge on any atom is 0.199 e. The van der Waals surface area contributed by atoms with Gasteiger partial charge in [0.1, 0.15) is 6.07 Å². The van der Waals surface area contributed by atoms with Crippen LogP contribution in [0.5, 0.6) is 0 Å². The minimum Gasteiger partial charge on any atom is -0.195 e. The van der Waals surface area contributed by atoms with Crippen LogP contribution in [0, 0.1) is 29.1 Å². The van der Waals surface area contributed by atoms with Crippen LogP contribution in [-0.4, -0.2) is 0 Å². The van der Waals surface area contributed by atoms with Crippen LogP contribution in [0.4, 0.5) is 4.39 Å². The Morgan fingerprint density at radius 3 is 2.00 bits per heavy atom. The monoisotopic (exact) mass is 491 g/mol. The molecule has 2 aliphatic carbocycles. The summed E-state index contributed by atoms with van der Waals surface area (Å²) in [5, 5.41) is 8.42. The summed E-state index contributed by atoms with van der Waals surface area (Å²) in [6.07, 6.45) is 29.3. The number of benzene rings is 1. The highest BCUT2D eigenvalue weighted by Crippen LogP contribution is 2.39. The van der Waals surface area contributed by atoms with E-state index in [4.69, 9.17) is 5.26 Å². The summed E-state index contributed by atoms with van der Waals surface area (Å²) in [6.45, 7) is 2.28. The summed E-state index contributed by atoms with van der Waals surface area (Å²) in [5.74, 6) is 2.84. The predicted octanol–water partition coefficient (Wildman–Crippen LogP) is 10.8. The molecule has 2 aliphatic rings. The molecule has 36 heavy (non-hydrogen) atoms. The van der Waals surface area contributed by atoms with Crippen molar-refractivity contribution in [3.05, 3.63) is 59.4 Å². The SMILES string of the molecule is CCCCCc1ccc([C@H]2CC[C@H](CCCC[C@H]3CC[C@H](CCC=CC=C(F)C#N)CC3)CC2)cc1. The zero-order chi connectivity index (χ0) is 25.4. The topological polar surface area (TPSA) is 23.8 Å². The van der Waals surface area contributed by atoms with Gasteiger partial charge in [0.05, 0.1) is 0 Å². The fraction of sp³-hybridized carbons (Fsp3) is 0.676. The number of aryl methyl sites for hydroxylation is 1. The van der Waals surface area contributed by atoms with Gasteiger partial charge in [0, 0.05) is 0 Å². The molecule has 0 atom stereocenters. The van der Waals surface area contributed by atoms with Crippen molar-refractivity contribution >= 4 is 0 Å². The van der Waals surface area contributed by atoms with Crippen molar-refractivity contribution in [1.29, 1.82) is 5.26 Å². The van der Waals surface area contributed by atoms with E-state index in [1.165, 1.54) is 127 Å². The number of allylic oxidation sites excluding steroid dienone is 4. The minimum absolute atomic E-state index is 0.710. The van der Waals surface area contributed by atoms with E-state index in [-0.39, 0.29) is 0 Å². The molecule has 0 radical (unpaired) electrons. The zero-order valence-electron chi connectivity index (χ0n) is 22.9. The number of rotatable bonds is 14. The lowest BCUT2D eigenvalue weighted by Gasteiger charge is -2.30. The number of halogens is 1. The molecule has 0 bridgehead atoms. The van der Waals surface area contributed by atoms with E-state index >= 15 is 0 Å². The van der Waals surface area contributed by atoms with Gasteiger partial charge in [-0.2, -0.15) is 9.65 Å². The summed E-state index contributed by atoms with van der Waals surface area (Å²) in [4.78, 5) is 0. The van der Waals surface area contributed by atoms with Crippen LogP contribution in [0.25, 0.3) is 0 Å². The number of unbranched alkanes of at least 4 members (excludes halogenated alkanes) is 3. The van der Waals surface area contributed by atoms with Gasteiger partial charge in [0.2, 0.25) is 0 Å². The predicted molar refractivity (Wildman–Crippen MR) is 151 cm³/mol. The van der Waals surface area contributed by atoms with Gasteiger partial charge in [-0.1, -0.05) is 108 Å². The first-order chi connectivity index (χ1) is 17.7. The van der Waals surface area contributed by atoms with E-state index in [9.17, 15) is 4.39 Å². The first-order valence-corrected chi connectivity index (χ1v) is 15.2. The molecule has 198 valence electrons. The van der Waals surface area contributed by atoms with Crippen molar-refractivity contribution in [2.24, 2.45) is 17.8 Å². The van der Waals surface area contributed by atoms with Crippen LogP contribution in [0.2, 0.25) is 0 Å². The highest BCUT2D eigenvalue weighted by atomic mass is 19.1. The molecule has 2 fully saturated rings. The molecule has 3 rings (SSSR count). The Morgan fingerprint density at radius 2 is 1.42 bits per heavy atom. The van der Waals surface area contributed by atoms with Crippen molar-refractivity contribution in [2.75, 3.05) is 0 Å². The van der Waals surface area contributed by atoms with Crippen LogP contribution in [0.3, 0.4) is 0 Å². The molecule has 0 spiro atoms. The normalized spacial score (nSPS) is 25.2. The standard InChI is InChI=1S/C34H50FN/c1-2-3-5-10-30-19-23-32(24-20-30)33-25-21-31(22-26-33)13-9-8-12-29-17-15-28(16-18-29)11-6-4-7-14-34(35)27-36/h4,7,14,19-20,23-24,28-29,31,33H,2-3,5-6,8-13,15-18,21-22,25-26H2,1H3/t28-,29-,31-,33-. The number of nitriles is 1. The summed E-state index contributed by atoms with van der Waals surface area (Å²) in [6, 6.07) is 11.1. The van der Waals surface area contributed by atoms with Crippen molar-refractivity contribution in [1.82, 2.24) is 0 Å². The second-order valence-electron chi connectivity index (χ2n) is 11.7. The number of hydrogen-bond acceptors (Lipinski definition) is 1. The number of hydrogen-bond donors (Lipinski definition) is 0. The van der Waals surface area contributed by atoms with Gasteiger partial charge in [0.15, 0.2) is 5.83 Å². The Bertz CT molecular complexity index is 814. The lowest BCUT2D eigenvalue weighted by molar-refractivity contribution is 0.244. The lowest BCUT2D eigenvalue weighted by Crippen LogP contribution is -2.15. The quantitative estimate of drug-likeness (QED) is 0.144. The summed E-state index contributed by atoms with van der Waals surface area (Å²) in [5.41, 5.74) is 3.11. The molecule has 1 nitrogen and oxygen atoms in total. The molecule has 0 saturated heterocycles. The van der Waals surface area contributed by atoms with Gasteiger partial charge in [0.25, 0.3) is 0 Å². The summed E-state index contributed by atoms with van der Waals surface area (Å²) in [7, 11) is 0. The molecule has 0 heterocycles. The fourth-order valence-electron chi connectivity index (χ4n) is 6.61. The van der Waals surface area contributed by atoms with E-state index in [0.717, 1.165) is 30.1 Å². The third-order valence-electron chi connectivity index (χ3n) is 9.03. The van der Waals surface area contributed by atoms with E-state index < -0.39 is 5.83 Å². The van der Waals surface area contributed by atoms with Crippen molar-refractivity contribution < 1.29 is 4.39 Å². The van der Waals surface area contributed by atoms with Crippen molar-refractivity contribution in [3.63, 3.8) is 0 Å². The average Bonchev–Trinajstić information content (AvgIpc) is 2.92. The molecule has 0 aliphatic heterocycles. The Hall–Kier alpha value is -1.88. The van der Waals surface area contributed by atoms with E-state index in [1.807, 2.05) is 6.08 Å². The lowest BCUT2D eigenvalue weighted by atomic mass is 9.76. The summed E-state index contributed by atoms with van der Waals surface area (Å²) < 4.78 is 12.8. The van der Waals surface area contributed by atoms with Crippen molar-refractivity contribution in [2.45, 2.75) is 128 Å². The molecule has 0 N–H and O–H groups in total. The minimum atomic E-state index is -0.710. The van der Waals surface area contributed by atoms with Gasteiger partial charge in [-0.3, -0.25) is 0 Å². The maximum atomic E-state index is 12.8. The Labute approximate surface area is 221 Å². The molecule has 0 aromatic heterocycles. The van der Waals surface area contributed by atoms with Crippen LogP contribution in [0.15, 0.2) is 48.3 Å². The van der Waals surface area contributed by atoms with Crippen LogP contribution in [-0.2, 0) is 6.42 Å². The van der Waals surface area contributed by atoms with E-state index in [2.05, 4.69) is 31.2 Å². The Balaban J connectivity index is 1.21. The highest BCUT2D eigenvalue weighted by Gasteiger charge is 2.23. The molecule has 0 unspecified atom stereocenters. The van der Waals surface area contributed by atoms with E-state index in [0.29, 0.717) is 0 Å². The van der Waals surface area contributed by atoms with E-state index in [1.54, 1.807) is 11.6 Å². The molecule has 1 aromatic rings. The molecular weight excluding hydrogens is 441 g/mol. The smallest absolute Gasteiger partial charge is 0.195 e. The second kappa shape index (κ2) is 16.8. The van der Waals surface area contributed by atoms with Gasteiger partial charge in [-0.05, 0) is 92.2 Å². The molecule has 1 aromatic carbocycles. The molecule has 2 heteroatoms. The third kappa shape index (κ3) is 10.6. The van der Waals surface area contributed by atoms with Gasteiger partial charge >= 0.3 is 0 Å². The van der Waals surface area contributed by atoms with Crippen LogP contribution >= 0.6 is 0 Å². The van der Waals surface area contributed by atoms with Crippen LogP contribution in [0.1, 0.15) is 133 Å². The van der Waals surface area contributed by atoms with Crippen molar-refractivity contribution in [3.8, 4) is 6.07 Å². The first-order valence-electron chi connectivity index (χ1n) is 15.2. The van der Waals surface area contributed by atoms with Gasteiger partial charge < -0.3 is 0 Å². The molecule has 0 amide bonds. The highest BCUT2D eigenvalue weighted by molar-refractivity contribution is 5.26. The Kier molecular flexibility index (Phi) is 13.4. The Morgan fingerprint density at radius 1 is 0.833 bits per heavy atom.